The number of alkyl carbamates (subject to hydrolysis) is 1. The third-order valence-electron chi connectivity index (χ3n) is 8.77. The van der Waals surface area contributed by atoms with E-state index in [1.54, 1.807) is 54.8 Å². The Balaban J connectivity index is 1.34. The minimum absolute atomic E-state index is 0.0105. The molecule has 0 unspecified atom stereocenters. The van der Waals surface area contributed by atoms with Crippen LogP contribution in [0.4, 0.5) is 29.6 Å². The lowest BCUT2D eigenvalue weighted by Gasteiger charge is -2.34. The first-order valence-electron chi connectivity index (χ1n) is 17.3. The number of hydrogen-bond acceptors (Lipinski definition) is 11. The fourth-order valence-corrected chi connectivity index (χ4v) is 6.84. The number of nitriles is 1. The van der Waals surface area contributed by atoms with Gasteiger partial charge in [-0.05, 0) is 82.9 Å². The summed E-state index contributed by atoms with van der Waals surface area (Å²) in [6, 6.07) is 8.18. The molecular formula is C34H45F3N8O7S. The summed E-state index contributed by atoms with van der Waals surface area (Å²) in [6.07, 6.45) is -2.75. The Morgan fingerprint density at radius 1 is 1.02 bits per heavy atom. The van der Waals surface area contributed by atoms with Crippen molar-refractivity contribution in [2.45, 2.75) is 83.2 Å². The number of ether oxygens (including phenoxy) is 1. The van der Waals surface area contributed by atoms with E-state index in [0.717, 1.165) is 5.56 Å². The zero-order valence-electron chi connectivity index (χ0n) is 29.8. The topological polar surface area (TPSA) is 207 Å². The first-order chi connectivity index (χ1) is 24.8. The Hall–Kier alpha value is -4.70. The van der Waals surface area contributed by atoms with E-state index >= 15 is 0 Å². The van der Waals surface area contributed by atoms with Crippen molar-refractivity contribution >= 4 is 39.7 Å². The van der Waals surface area contributed by atoms with Gasteiger partial charge in [-0.25, -0.2) is 14.8 Å². The van der Waals surface area contributed by atoms with Crippen molar-refractivity contribution in [3.05, 3.63) is 47.3 Å². The molecule has 1 aromatic heterocycles. The molecule has 0 bridgehead atoms. The fraction of sp³-hybridized carbons (Fsp3) is 0.588. The predicted octanol–water partition coefficient (Wildman–Crippen LogP) is 3.20. The molecule has 0 radical (unpaired) electrons. The number of carbonyl (C=O) groups excluding carboxylic acids is 3. The molecule has 3 heterocycles. The largest absolute Gasteiger partial charge is 0.451 e. The molecule has 290 valence electrons. The van der Waals surface area contributed by atoms with Gasteiger partial charge in [0.1, 0.15) is 35.1 Å². The lowest BCUT2D eigenvalue weighted by Crippen LogP contribution is -2.51. The maximum Gasteiger partial charge on any atom is 0.451 e. The summed E-state index contributed by atoms with van der Waals surface area (Å²) in [7, 11) is -4.63. The fourth-order valence-electron chi connectivity index (χ4n) is 6.18. The van der Waals surface area contributed by atoms with Gasteiger partial charge in [-0.1, -0.05) is 12.1 Å². The molecule has 0 aliphatic carbocycles. The van der Waals surface area contributed by atoms with Gasteiger partial charge in [-0.15, -0.1) is 0 Å². The number of alkyl halides is 3. The second kappa shape index (κ2) is 17.4. The van der Waals surface area contributed by atoms with E-state index < -0.39 is 57.6 Å². The lowest BCUT2D eigenvalue weighted by atomic mass is 9.93. The third kappa shape index (κ3) is 12.7. The van der Waals surface area contributed by atoms with E-state index in [9.17, 15) is 40.5 Å². The van der Waals surface area contributed by atoms with Crippen LogP contribution in [-0.2, 0) is 37.0 Å². The number of carbonyl (C=O) groups is 3. The van der Waals surface area contributed by atoms with Crippen LogP contribution in [0.2, 0.25) is 0 Å². The minimum atomic E-state index is -4.83. The minimum Gasteiger partial charge on any atom is -0.444 e. The lowest BCUT2D eigenvalue weighted by molar-refractivity contribution is -0.144. The van der Waals surface area contributed by atoms with Crippen molar-refractivity contribution in [3.8, 4) is 6.07 Å². The van der Waals surface area contributed by atoms with Crippen LogP contribution in [-0.4, -0.2) is 97.0 Å². The number of amides is 3. The Kier molecular flexibility index (Phi) is 13.5. The third-order valence-corrected chi connectivity index (χ3v) is 9.53. The number of hydrogen-bond donors (Lipinski definition) is 4. The molecule has 2 aliphatic rings. The molecule has 2 aromatic rings. The quantitative estimate of drug-likeness (QED) is 0.217. The first-order valence-corrected chi connectivity index (χ1v) is 18.9. The number of nitrogens with one attached hydrogen (secondary N) is 3. The highest BCUT2D eigenvalue weighted by Crippen LogP contribution is 2.34. The number of piperidine rings is 1. The Labute approximate surface area is 306 Å². The van der Waals surface area contributed by atoms with E-state index in [1.165, 1.54) is 6.07 Å². The average Bonchev–Trinajstić information content (AvgIpc) is 3.57. The van der Waals surface area contributed by atoms with Crippen molar-refractivity contribution < 1.29 is 45.3 Å². The van der Waals surface area contributed by atoms with E-state index in [1.807, 2.05) is 6.07 Å². The summed E-state index contributed by atoms with van der Waals surface area (Å²) < 4.78 is 79.4. The van der Waals surface area contributed by atoms with Crippen LogP contribution in [0.25, 0.3) is 0 Å². The molecule has 4 rings (SSSR count). The Morgan fingerprint density at radius 3 is 2.28 bits per heavy atom. The van der Waals surface area contributed by atoms with Crippen molar-refractivity contribution in [2.24, 2.45) is 5.92 Å². The molecule has 0 spiro atoms. The maximum absolute atomic E-state index is 14.0. The first kappa shape index (κ1) is 41.1. The Bertz CT molecular complexity index is 1760. The molecule has 1 aromatic carbocycles. The number of anilines is 2. The van der Waals surface area contributed by atoms with Crippen LogP contribution >= 0.6 is 0 Å². The van der Waals surface area contributed by atoms with Crippen molar-refractivity contribution in [3.63, 3.8) is 0 Å². The van der Waals surface area contributed by atoms with Gasteiger partial charge in [-0.2, -0.15) is 26.9 Å². The van der Waals surface area contributed by atoms with Crippen molar-refractivity contribution in [2.75, 3.05) is 48.3 Å². The van der Waals surface area contributed by atoms with Crippen LogP contribution in [0.1, 0.15) is 69.8 Å². The number of rotatable bonds is 13. The van der Waals surface area contributed by atoms with Gasteiger partial charge in [-0.3, -0.25) is 14.1 Å². The second-order valence-corrected chi connectivity index (χ2v) is 15.6. The van der Waals surface area contributed by atoms with Crippen LogP contribution in [0.15, 0.2) is 30.3 Å². The smallest absolute Gasteiger partial charge is 0.444 e. The molecule has 53 heavy (non-hydrogen) atoms. The number of halogens is 3. The van der Waals surface area contributed by atoms with Crippen LogP contribution in [0.3, 0.4) is 0 Å². The number of benzene rings is 1. The number of nitrogens with zero attached hydrogens (tertiary/aromatic N) is 5. The van der Waals surface area contributed by atoms with E-state index in [-0.39, 0.29) is 30.0 Å². The average molecular weight is 767 g/mol. The van der Waals surface area contributed by atoms with Gasteiger partial charge in [0.2, 0.25) is 17.6 Å². The number of aromatic nitrogens is 2. The molecule has 0 saturated carbocycles. The summed E-state index contributed by atoms with van der Waals surface area (Å²) in [4.78, 5) is 49.1. The SMILES string of the molecule is CC(C)(C)OC(=O)N[C@@H](CS(=O)(=O)O)C(=O)NCCC1CCN(c2cc(N3CCC[C@H]3C(=O)NCCc3ccc(C#N)cc3)nc(C(F)(F)F)n2)CC1. The van der Waals surface area contributed by atoms with Gasteiger partial charge >= 0.3 is 12.3 Å². The summed E-state index contributed by atoms with van der Waals surface area (Å²) in [6.45, 7) is 6.24. The van der Waals surface area contributed by atoms with Gasteiger partial charge < -0.3 is 30.5 Å². The summed E-state index contributed by atoms with van der Waals surface area (Å²) in [5, 5.41) is 16.6. The maximum atomic E-state index is 14.0. The Morgan fingerprint density at radius 2 is 1.68 bits per heavy atom. The van der Waals surface area contributed by atoms with Gasteiger partial charge in [0, 0.05) is 38.8 Å². The predicted molar refractivity (Wildman–Crippen MR) is 187 cm³/mol. The molecule has 2 atom stereocenters. The molecule has 4 N–H and O–H groups in total. The zero-order chi connectivity index (χ0) is 39.0. The normalized spacial score (nSPS) is 17.5. The highest BCUT2D eigenvalue weighted by molar-refractivity contribution is 7.85. The molecule has 2 fully saturated rings. The van der Waals surface area contributed by atoms with Crippen LogP contribution in [0.5, 0.6) is 0 Å². The monoisotopic (exact) mass is 766 g/mol. The molecular weight excluding hydrogens is 721 g/mol. The second-order valence-electron chi connectivity index (χ2n) is 14.1. The van der Waals surface area contributed by atoms with Gasteiger partial charge in [0.15, 0.2) is 0 Å². The molecule has 3 amide bonds. The van der Waals surface area contributed by atoms with Crippen LogP contribution in [0, 0.1) is 17.2 Å². The highest BCUT2D eigenvalue weighted by Gasteiger charge is 2.39. The molecule has 2 saturated heterocycles. The zero-order valence-corrected chi connectivity index (χ0v) is 30.6. The summed E-state index contributed by atoms with van der Waals surface area (Å²) >= 11 is 0. The summed E-state index contributed by atoms with van der Waals surface area (Å²) in [5.41, 5.74) is 0.534. The standard InChI is InChI=1S/C34H45F3N8O7S/c1-33(2,3)52-32(48)41-25(21-53(49,50)51)29(46)39-14-11-23-12-17-44(18-13-23)27-19-28(43-31(42-27)34(35,36)37)45-16-4-5-26(45)30(47)40-15-10-22-6-8-24(20-38)9-7-22/h6-9,19,23,25-26H,4-5,10-18,21H2,1-3H3,(H,39,46)(H,40,47)(H,41,48)(H,49,50,51)/t25-,26-/m0/s1. The van der Waals surface area contributed by atoms with E-state index in [2.05, 4.69) is 25.9 Å². The van der Waals surface area contributed by atoms with Gasteiger partial charge in [0.05, 0.1) is 11.6 Å². The van der Waals surface area contributed by atoms with Crippen molar-refractivity contribution in [1.82, 2.24) is 25.9 Å². The van der Waals surface area contributed by atoms with E-state index in [4.69, 9.17) is 10.00 Å². The molecule has 15 nitrogen and oxygen atoms in total. The highest BCUT2D eigenvalue weighted by atomic mass is 32.2. The van der Waals surface area contributed by atoms with Crippen LogP contribution < -0.4 is 25.8 Å². The summed E-state index contributed by atoms with van der Waals surface area (Å²) in [5.74, 6) is -3.36. The molecule has 2 aliphatic heterocycles. The van der Waals surface area contributed by atoms with Crippen molar-refractivity contribution in [1.29, 1.82) is 5.26 Å². The van der Waals surface area contributed by atoms with E-state index in [0.29, 0.717) is 70.3 Å². The molecule has 19 heteroatoms. The van der Waals surface area contributed by atoms with Gasteiger partial charge in [0.25, 0.3) is 10.1 Å².